The monoisotopic (exact) mass is 332 g/mol. The minimum absolute atomic E-state index is 0.260. The maximum absolute atomic E-state index is 10.5. The van der Waals surface area contributed by atoms with Gasteiger partial charge in [0.05, 0.1) is 12.1 Å². The lowest BCUT2D eigenvalue weighted by molar-refractivity contribution is -0.137. The normalized spacial score (nSPS) is 28.5. The Labute approximate surface area is 146 Å². The summed E-state index contributed by atoms with van der Waals surface area (Å²) in [6.45, 7) is 2.25. The van der Waals surface area contributed by atoms with Crippen LogP contribution in [0.25, 0.3) is 0 Å². The lowest BCUT2D eigenvalue weighted by atomic mass is 9.87. The molecule has 1 fully saturated rings. The van der Waals surface area contributed by atoms with Gasteiger partial charge in [-0.3, -0.25) is 4.79 Å². The van der Waals surface area contributed by atoms with E-state index in [2.05, 4.69) is 41.5 Å². The highest BCUT2D eigenvalue weighted by Gasteiger charge is 2.45. The molecular weight excluding hydrogens is 300 g/mol. The van der Waals surface area contributed by atoms with E-state index >= 15 is 0 Å². The van der Waals surface area contributed by atoms with Gasteiger partial charge in [0.2, 0.25) is 0 Å². The molecule has 0 aromatic heterocycles. The van der Waals surface area contributed by atoms with Crippen molar-refractivity contribution in [2.24, 2.45) is 22.1 Å². The number of rotatable bonds is 12. The average Bonchev–Trinajstić information content (AvgIpc) is 3.15. The first-order chi connectivity index (χ1) is 11.7. The zero-order chi connectivity index (χ0) is 17.2. The van der Waals surface area contributed by atoms with E-state index in [1.807, 2.05) is 0 Å². The van der Waals surface area contributed by atoms with Gasteiger partial charge in [-0.25, -0.2) is 0 Å². The third kappa shape index (κ3) is 5.88. The van der Waals surface area contributed by atoms with Crippen LogP contribution in [0.15, 0.2) is 34.5 Å². The first-order valence-corrected chi connectivity index (χ1v) is 9.65. The second-order valence-electron chi connectivity index (χ2n) is 7.11. The standard InChI is InChI=1S/C20H32N2O2/c1-2-3-4-5-6-9-12-16-17(19-15-18(16)21-22-19)13-10-7-8-11-14-20(23)24/h7,9-10,12,16-19H,2-6,8,11,13-15H2,1H3,(H,23,24)/b10-7+,12-9+/t16-,17-,18-,19+/m1/s1. The van der Waals surface area contributed by atoms with E-state index in [0.29, 0.717) is 23.9 Å². The summed E-state index contributed by atoms with van der Waals surface area (Å²) < 4.78 is 0. The van der Waals surface area contributed by atoms with Crippen molar-refractivity contribution in [2.45, 2.75) is 83.2 Å². The Morgan fingerprint density at radius 2 is 1.83 bits per heavy atom. The summed E-state index contributed by atoms with van der Waals surface area (Å²) in [5.41, 5.74) is 0. The molecule has 1 heterocycles. The number of nitrogens with zero attached hydrogens (tertiary/aromatic N) is 2. The zero-order valence-electron chi connectivity index (χ0n) is 14.9. The van der Waals surface area contributed by atoms with Gasteiger partial charge in [-0.05, 0) is 44.4 Å². The predicted octanol–water partition coefficient (Wildman–Crippen LogP) is 5.55. The molecule has 2 aliphatic rings. The first-order valence-electron chi connectivity index (χ1n) is 9.65. The van der Waals surface area contributed by atoms with Crippen LogP contribution in [-0.4, -0.2) is 23.2 Å². The Hall–Kier alpha value is -1.45. The maximum atomic E-state index is 10.5. The molecule has 0 spiro atoms. The molecule has 4 atom stereocenters. The van der Waals surface area contributed by atoms with Gasteiger partial charge in [0, 0.05) is 12.3 Å². The molecule has 1 saturated carbocycles. The van der Waals surface area contributed by atoms with Crippen LogP contribution >= 0.6 is 0 Å². The molecule has 0 unspecified atom stereocenters. The van der Waals surface area contributed by atoms with Crippen molar-refractivity contribution >= 4 is 5.97 Å². The number of carbonyl (C=O) groups is 1. The summed E-state index contributed by atoms with van der Waals surface area (Å²) in [5.74, 6) is 0.415. The van der Waals surface area contributed by atoms with Crippen LogP contribution in [-0.2, 0) is 4.79 Å². The molecule has 0 saturated heterocycles. The highest BCUT2D eigenvalue weighted by Crippen LogP contribution is 2.44. The molecular formula is C20H32N2O2. The molecule has 0 aromatic carbocycles. The lowest BCUT2D eigenvalue weighted by Crippen LogP contribution is -2.21. The van der Waals surface area contributed by atoms with Crippen molar-refractivity contribution in [3.8, 4) is 0 Å². The fourth-order valence-corrected chi connectivity index (χ4v) is 3.82. The average molecular weight is 332 g/mol. The van der Waals surface area contributed by atoms with Crippen LogP contribution in [0.1, 0.15) is 71.1 Å². The molecule has 1 aliphatic carbocycles. The van der Waals surface area contributed by atoms with E-state index in [1.165, 1.54) is 32.1 Å². The molecule has 0 amide bonds. The van der Waals surface area contributed by atoms with Crippen molar-refractivity contribution < 1.29 is 9.90 Å². The van der Waals surface area contributed by atoms with Gasteiger partial charge in [0.1, 0.15) is 0 Å². The largest absolute Gasteiger partial charge is 0.481 e. The van der Waals surface area contributed by atoms with Gasteiger partial charge < -0.3 is 5.11 Å². The third-order valence-electron chi connectivity index (χ3n) is 5.20. The van der Waals surface area contributed by atoms with Crippen LogP contribution in [0.3, 0.4) is 0 Å². The van der Waals surface area contributed by atoms with Crippen LogP contribution in [0.5, 0.6) is 0 Å². The Kier molecular flexibility index (Phi) is 8.20. The number of azo groups is 1. The molecule has 1 N–H and O–H groups in total. The van der Waals surface area contributed by atoms with Crippen LogP contribution in [0, 0.1) is 11.8 Å². The summed E-state index contributed by atoms with van der Waals surface area (Å²) in [5, 5.41) is 17.5. The molecule has 0 radical (unpaired) electrons. The molecule has 0 aromatic rings. The van der Waals surface area contributed by atoms with Crippen LogP contribution < -0.4 is 0 Å². The topological polar surface area (TPSA) is 62.0 Å². The summed E-state index contributed by atoms with van der Waals surface area (Å²) >= 11 is 0. The SMILES string of the molecule is CCCCCC/C=C/[C@@H]1[C@@H](C/C=C/CCCC(=O)O)[C@@H]2C[C@H]1N=N2. The third-order valence-corrected chi connectivity index (χ3v) is 5.20. The Balaban J connectivity index is 1.73. The fourth-order valence-electron chi connectivity index (χ4n) is 3.82. The number of carboxylic acid groups (broad SMARTS) is 1. The van der Waals surface area contributed by atoms with Gasteiger partial charge in [-0.15, -0.1) is 0 Å². The number of aliphatic carboxylic acids is 1. The van der Waals surface area contributed by atoms with E-state index in [9.17, 15) is 4.79 Å². The zero-order valence-corrected chi connectivity index (χ0v) is 14.9. The minimum Gasteiger partial charge on any atom is -0.481 e. The first kappa shape index (κ1) is 18.9. The van der Waals surface area contributed by atoms with Gasteiger partial charge in [0.15, 0.2) is 0 Å². The lowest BCUT2D eigenvalue weighted by Gasteiger charge is -2.22. The van der Waals surface area contributed by atoms with Crippen LogP contribution in [0.2, 0.25) is 0 Å². The second kappa shape index (κ2) is 10.4. The summed E-state index contributed by atoms with van der Waals surface area (Å²) in [4.78, 5) is 10.5. The Bertz CT molecular complexity index is 470. The number of hydrogen-bond donors (Lipinski definition) is 1. The molecule has 4 heteroatoms. The molecule has 2 bridgehead atoms. The quantitative estimate of drug-likeness (QED) is 0.376. The molecule has 1 aliphatic heterocycles. The summed E-state index contributed by atoms with van der Waals surface area (Å²) in [6, 6.07) is 0.792. The van der Waals surface area contributed by atoms with E-state index < -0.39 is 5.97 Å². The fraction of sp³-hybridized carbons (Fsp3) is 0.750. The predicted molar refractivity (Wildman–Crippen MR) is 97.2 cm³/mol. The Morgan fingerprint density at radius 1 is 1.04 bits per heavy atom. The van der Waals surface area contributed by atoms with E-state index in [4.69, 9.17) is 5.11 Å². The molecule has 134 valence electrons. The maximum Gasteiger partial charge on any atom is 0.303 e. The smallest absolute Gasteiger partial charge is 0.303 e. The summed E-state index contributed by atoms with van der Waals surface area (Å²) in [6.07, 6.45) is 19.6. The molecule has 24 heavy (non-hydrogen) atoms. The van der Waals surface area contributed by atoms with Crippen molar-refractivity contribution in [3.63, 3.8) is 0 Å². The Morgan fingerprint density at radius 3 is 2.62 bits per heavy atom. The van der Waals surface area contributed by atoms with Crippen molar-refractivity contribution in [2.75, 3.05) is 0 Å². The minimum atomic E-state index is -0.707. The van der Waals surface area contributed by atoms with Crippen molar-refractivity contribution in [1.82, 2.24) is 0 Å². The van der Waals surface area contributed by atoms with Crippen molar-refractivity contribution in [1.29, 1.82) is 0 Å². The number of allylic oxidation sites excluding steroid dienone is 3. The highest BCUT2D eigenvalue weighted by atomic mass is 16.4. The number of carboxylic acids is 1. The van der Waals surface area contributed by atoms with E-state index in [1.54, 1.807) is 0 Å². The number of fused-ring (bicyclic) bond motifs is 2. The van der Waals surface area contributed by atoms with Gasteiger partial charge in [-0.2, -0.15) is 10.2 Å². The van der Waals surface area contributed by atoms with E-state index in [-0.39, 0.29) is 6.42 Å². The number of hydrogen-bond acceptors (Lipinski definition) is 3. The molecule has 4 nitrogen and oxygen atoms in total. The summed E-state index contributed by atoms with van der Waals surface area (Å²) in [7, 11) is 0. The second-order valence-corrected chi connectivity index (χ2v) is 7.11. The molecule has 2 rings (SSSR count). The van der Waals surface area contributed by atoms with Gasteiger partial charge >= 0.3 is 5.97 Å². The van der Waals surface area contributed by atoms with Gasteiger partial charge in [-0.1, -0.05) is 50.5 Å². The van der Waals surface area contributed by atoms with Crippen molar-refractivity contribution in [3.05, 3.63) is 24.3 Å². The van der Waals surface area contributed by atoms with E-state index in [0.717, 1.165) is 25.7 Å². The van der Waals surface area contributed by atoms with Crippen LogP contribution in [0.4, 0.5) is 0 Å². The number of unbranched alkanes of at least 4 members (excludes halogenated alkanes) is 5. The highest BCUT2D eigenvalue weighted by molar-refractivity contribution is 5.66. The van der Waals surface area contributed by atoms with Gasteiger partial charge in [0.25, 0.3) is 0 Å².